The third-order valence-electron chi connectivity index (χ3n) is 2.94. The summed E-state index contributed by atoms with van der Waals surface area (Å²) in [6.45, 7) is 3.78. The topological polar surface area (TPSA) is 80.4 Å². The molecular formula is C12H15NO4. The van der Waals surface area contributed by atoms with Crippen LogP contribution in [0.2, 0.25) is 0 Å². The van der Waals surface area contributed by atoms with Gasteiger partial charge in [0.05, 0.1) is 10.8 Å². The van der Waals surface area contributed by atoms with E-state index < -0.39 is 16.8 Å². The molecule has 2 unspecified atom stereocenters. The zero-order valence-electron chi connectivity index (χ0n) is 9.79. The van der Waals surface area contributed by atoms with E-state index in [9.17, 15) is 20.0 Å². The van der Waals surface area contributed by atoms with E-state index >= 15 is 0 Å². The summed E-state index contributed by atoms with van der Waals surface area (Å²) in [5, 5.41) is 19.7. The van der Waals surface area contributed by atoms with Gasteiger partial charge in [0.1, 0.15) is 0 Å². The molecule has 0 bridgehead atoms. The van der Waals surface area contributed by atoms with E-state index in [1.165, 1.54) is 24.3 Å². The van der Waals surface area contributed by atoms with Crippen LogP contribution < -0.4 is 0 Å². The molecule has 0 aromatic heterocycles. The normalized spacial score (nSPS) is 14.0. The Balaban J connectivity index is 3.03. The van der Waals surface area contributed by atoms with E-state index in [1.54, 1.807) is 0 Å². The number of non-ortho nitro benzene ring substituents is 1. The molecule has 0 saturated heterocycles. The van der Waals surface area contributed by atoms with Gasteiger partial charge < -0.3 is 5.11 Å². The molecular weight excluding hydrogens is 222 g/mol. The molecule has 0 saturated carbocycles. The van der Waals surface area contributed by atoms with Crippen molar-refractivity contribution < 1.29 is 14.8 Å². The van der Waals surface area contributed by atoms with Crippen LogP contribution in [0.4, 0.5) is 5.69 Å². The first-order valence-corrected chi connectivity index (χ1v) is 5.44. The van der Waals surface area contributed by atoms with Crippen LogP contribution in [-0.2, 0) is 4.79 Å². The third-order valence-corrected chi connectivity index (χ3v) is 2.94. The quantitative estimate of drug-likeness (QED) is 0.630. The molecule has 1 rings (SSSR count). The molecule has 0 fully saturated rings. The van der Waals surface area contributed by atoms with Crippen LogP contribution in [-0.4, -0.2) is 16.0 Å². The van der Waals surface area contributed by atoms with E-state index in [4.69, 9.17) is 0 Å². The maximum atomic E-state index is 11.2. The largest absolute Gasteiger partial charge is 0.481 e. The summed E-state index contributed by atoms with van der Waals surface area (Å²) < 4.78 is 0. The monoisotopic (exact) mass is 237 g/mol. The molecule has 1 aromatic rings. The second-order valence-electron chi connectivity index (χ2n) is 4.05. The average Bonchev–Trinajstić information content (AvgIpc) is 2.29. The van der Waals surface area contributed by atoms with Gasteiger partial charge >= 0.3 is 5.97 Å². The fourth-order valence-corrected chi connectivity index (χ4v) is 1.75. The Morgan fingerprint density at radius 1 is 1.41 bits per heavy atom. The van der Waals surface area contributed by atoms with E-state index in [2.05, 4.69) is 0 Å². The number of nitro groups is 1. The lowest BCUT2D eigenvalue weighted by molar-refractivity contribution is -0.384. The lowest BCUT2D eigenvalue weighted by atomic mass is 9.85. The fourth-order valence-electron chi connectivity index (χ4n) is 1.75. The van der Waals surface area contributed by atoms with Gasteiger partial charge in [-0.15, -0.1) is 0 Å². The van der Waals surface area contributed by atoms with Gasteiger partial charge in [-0.2, -0.15) is 0 Å². The second kappa shape index (κ2) is 5.43. The van der Waals surface area contributed by atoms with Gasteiger partial charge in [-0.3, -0.25) is 14.9 Å². The molecule has 0 amide bonds. The number of hydrogen-bond donors (Lipinski definition) is 1. The molecule has 0 radical (unpaired) electrons. The highest BCUT2D eigenvalue weighted by Gasteiger charge is 2.25. The van der Waals surface area contributed by atoms with Crippen LogP contribution in [0, 0.1) is 16.0 Å². The maximum Gasteiger partial charge on any atom is 0.311 e. The maximum absolute atomic E-state index is 11.2. The number of rotatable bonds is 5. The Bertz CT molecular complexity index is 413. The van der Waals surface area contributed by atoms with Crippen molar-refractivity contribution >= 4 is 11.7 Å². The molecule has 5 nitrogen and oxygen atoms in total. The minimum absolute atomic E-state index is 0.00560. The molecule has 2 atom stereocenters. The zero-order chi connectivity index (χ0) is 13.0. The molecule has 0 aliphatic carbocycles. The number of carboxylic acids is 1. The molecule has 1 N–H and O–H groups in total. The molecule has 0 heterocycles. The van der Waals surface area contributed by atoms with Gasteiger partial charge in [-0.1, -0.05) is 32.4 Å². The van der Waals surface area contributed by atoms with Crippen molar-refractivity contribution in [2.24, 2.45) is 5.92 Å². The van der Waals surface area contributed by atoms with Gasteiger partial charge in [-0.25, -0.2) is 0 Å². The smallest absolute Gasteiger partial charge is 0.311 e. The number of aliphatic carboxylic acids is 1. The first-order valence-electron chi connectivity index (χ1n) is 5.44. The highest BCUT2D eigenvalue weighted by Crippen LogP contribution is 2.28. The first-order chi connectivity index (χ1) is 7.97. The van der Waals surface area contributed by atoms with Crippen molar-refractivity contribution in [3.8, 4) is 0 Å². The number of nitrogens with zero attached hydrogens (tertiary/aromatic N) is 1. The van der Waals surface area contributed by atoms with Crippen molar-refractivity contribution in [1.29, 1.82) is 0 Å². The third kappa shape index (κ3) is 3.03. The van der Waals surface area contributed by atoms with E-state index in [0.29, 0.717) is 5.56 Å². The van der Waals surface area contributed by atoms with E-state index in [-0.39, 0.29) is 11.6 Å². The summed E-state index contributed by atoms with van der Waals surface area (Å²) in [4.78, 5) is 21.2. The van der Waals surface area contributed by atoms with Crippen LogP contribution in [0.1, 0.15) is 31.7 Å². The Hall–Kier alpha value is -1.91. The van der Waals surface area contributed by atoms with Gasteiger partial charge in [0.2, 0.25) is 0 Å². The van der Waals surface area contributed by atoms with Crippen LogP contribution in [0.5, 0.6) is 0 Å². The zero-order valence-corrected chi connectivity index (χ0v) is 9.79. The number of hydrogen-bond acceptors (Lipinski definition) is 3. The molecule has 0 aliphatic rings. The summed E-state index contributed by atoms with van der Waals surface area (Å²) in [5.41, 5.74) is 0.583. The first kappa shape index (κ1) is 13.2. The van der Waals surface area contributed by atoms with Crippen LogP contribution in [0.25, 0.3) is 0 Å². The minimum atomic E-state index is -0.895. The summed E-state index contributed by atoms with van der Waals surface area (Å²) in [6.07, 6.45) is 0.744. The fraction of sp³-hybridized carbons (Fsp3) is 0.417. The molecule has 0 spiro atoms. The number of nitro benzene ring substituents is 1. The van der Waals surface area contributed by atoms with E-state index in [1.807, 2.05) is 13.8 Å². The Kier molecular flexibility index (Phi) is 4.20. The van der Waals surface area contributed by atoms with Crippen LogP contribution >= 0.6 is 0 Å². The van der Waals surface area contributed by atoms with Gasteiger partial charge in [0.25, 0.3) is 5.69 Å². The number of carbonyl (C=O) groups is 1. The van der Waals surface area contributed by atoms with Crippen LogP contribution in [0.15, 0.2) is 24.3 Å². The van der Waals surface area contributed by atoms with Gasteiger partial charge in [0.15, 0.2) is 0 Å². The van der Waals surface area contributed by atoms with Gasteiger partial charge in [0, 0.05) is 12.1 Å². The number of carboxylic acid groups (broad SMARTS) is 1. The standard InChI is InChI=1S/C12H15NO4/c1-3-8(2)11(12(14)15)9-4-6-10(7-5-9)13(16)17/h4-8,11H,3H2,1-2H3,(H,14,15). The number of benzene rings is 1. The average molecular weight is 237 g/mol. The van der Waals surface area contributed by atoms with Crippen molar-refractivity contribution in [2.75, 3.05) is 0 Å². The molecule has 17 heavy (non-hydrogen) atoms. The predicted octanol–water partition coefficient (Wildman–Crippen LogP) is 2.81. The van der Waals surface area contributed by atoms with E-state index in [0.717, 1.165) is 6.42 Å². The molecule has 5 heteroatoms. The lowest BCUT2D eigenvalue weighted by Gasteiger charge is -2.18. The van der Waals surface area contributed by atoms with Crippen molar-refractivity contribution in [1.82, 2.24) is 0 Å². The summed E-state index contributed by atoms with van der Waals surface area (Å²) in [5.74, 6) is -1.51. The molecule has 0 aliphatic heterocycles. The predicted molar refractivity (Wildman–Crippen MR) is 62.9 cm³/mol. The Morgan fingerprint density at radius 3 is 2.29 bits per heavy atom. The van der Waals surface area contributed by atoms with Gasteiger partial charge in [-0.05, 0) is 11.5 Å². The SMILES string of the molecule is CCC(C)C(C(=O)O)c1ccc([N+](=O)[O-])cc1. The van der Waals surface area contributed by atoms with Crippen molar-refractivity contribution in [3.05, 3.63) is 39.9 Å². The summed E-state index contributed by atoms with van der Waals surface area (Å²) in [7, 11) is 0. The molecule has 92 valence electrons. The van der Waals surface area contributed by atoms with Crippen molar-refractivity contribution in [3.63, 3.8) is 0 Å². The highest BCUT2D eigenvalue weighted by atomic mass is 16.6. The summed E-state index contributed by atoms with van der Waals surface area (Å²) in [6, 6.07) is 5.72. The Morgan fingerprint density at radius 2 is 1.94 bits per heavy atom. The van der Waals surface area contributed by atoms with Crippen molar-refractivity contribution in [2.45, 2.75) is 26.2 Å². The highest BCUT2D eigenvalue weighted by molar-refractivity contribution is 5.76. The van der Waals surface area contributed by atoms with Crippen LogP contribution in [0.3, 0.4) is 0 Å². The lowest BCUT2D eigenvalue weighted by Crippen LogP contribution is -2.19. The molecule has 1 aromatic carbocycles. The minimum Gasteiger partial charge on any atom is -0.481 e. The summed E-state index contributed by atoms with van der Waals surface area (Å²) >= 11 is 0. The Labute approximate surface area is 99.2 Å². The second-order valence-corrected chi connectivity index (χ2v) is 4.05.